The number of amides is 1. The molecule has 34 heavy (non-hydrogen) atoms. The maximum Gasteiger partial charge on any atom is 0.337 e. The van der Waals surface area contributed by atoms with Crippen LogP contribution in [-0.2, 0) is 20.4 Å². The van der Waals surface area contributed by atoms with E-state index in [4.69, 9.17) is 9.16 Å². The molecule has 0 saturated carbocycles. The molecule has 1 atom stereocenters. The number of carbonyl (C=O) groups excluding carboxylic acids is 2. The standard InChI is InChI=1S/C27H46N2O4Si/c1-9-17-27(5,33-34(7,8)26(2,3)4)18-10-19-28-20-16-24(30)29(28)21-15-22-11-13-23(14-12-22)25(31)32-6/h11-14H,9-10,15-21H2,1-8H3. The number of rotatable bonds is 12. The van der Waals surface area contributed by atoms with Crippen LogP contribution in [0.15, 0.2) is 24.3 Å². The van der Waals surface area contributed by atoms with Crippen molar-refractivity contribution in [1.82, 2.24) is 10.0 Å². The summed E-state index contributed by atoms with van der Waals surface area (Å²) in [6.45, 7) is 18.4. The first-order valence-electron chi connectivity index (χ1n) is 12.7. The molecule has 1 fully saturated rings. The van der Waals surface area contributed by atoms with Gasteiger partial charge >= 0.3 is 5.97 Å². The lowest BCUT2D eigenvalue weighted by atomic mass is 9.95. The number of nitrogens with zero attached hydrogens (tertiary/aromatic N) is 2. The molecule has 7 heteroatoms. The van der Waals surface area contributed by atoms with Gasteiger partial charge in [0.1, 0.15) is 0 Å². The Balaban J connectivity index is 1.93. The van der Waals surface area contributed by atoms with Crippen LogP contribution in [0.25, 0.3) is 0 Å². The highest BCUT2D eigenvalue weighted by Gasteiger charge is 2.42. The molecule has 1 aliphatic rings. The fraction of sp³-hybridized carbons (Fsp3) is 0.704. The molecular weight excluding hydrogens is 444 g/mol. The molecule has 192 valence electrons. The number of carbonyl (C=O) groups is 2. The van der Waals surface area contributed by atoms with Crippen LogP contribution < -0.4 is 0 Å². The Kier molecular flexibility index (Phi) is 9.92. The molecule has 1 unspecified atom stereocenters. The van der Waals surface area contributed by atoms with Crippen molar-refractivity contribution in [2.24, 2.45) is 0 Å². The quantitative estimate of drug-likeness (QED) is 0.273. The summed E-state index contributed by atoms with van der Waals surface area (Å²) in [6, 6.07) is 7.43. The second-order valence-electron chi connectivity index (χ2n) is 11.3. The van der Waals surface area contributed by atoms with Crippen LogP contribution in [0.4, 0.5) is 0 Å². The minimum atomic E-state index is -1.85. The van der Waals surface area contributed by atoms with Crippen LogP contribution in [0.1, 0.15) is 82.6 Å². The molecule has 2 rings (SSSR count). The van der Waals surface area contributed by atoms with Crippen molar-refractivity contribution in [2.75, 3.05) is 26.7 Å². The maximum absolute atomic E-state index is 12.6. The Bertz CT molecular complexity index is 819. The van der Waals surface area contributed by atoms with Crippen molar-refractivity contribution in [3.8, 4) is 0 Å². The molecular formula is C27H46N2O4Si. The molecule has 1 aromatic rings. The molecule has 0 spiro atoms. The van der Waals surface area contributed by atoms with Gasteiger partial charge in [-0.25, -0.2) is 9.80 Å². The van der Waals surface area contributed by atoms with Crippen molar-refractivity contribution >= 4 is 20.2 Å². The van der Waals surface area contributed by atoms with Crippen molar-refractivity contribution < 1.29 is 18.8 Å². The summed E-state index contributed by atoms with van der Waals surface area (Å²) >= 11 is 0. The van der Waals surface area contributed by atoms with E-state index in [9.17, 15) is 9.59 Å². The average Bonchev–Trinajstić information content (AvgIpc) is 3.10. The van der Waals surface area contributed by atoms with Gasteiger partial charge in [0.25, 0.3) is 0 Å². The lowest BCUT2D eigenvalue weighted by Gasteiger charge is -2.44. The maximum atomic E-state index is 12.6. The second-order valence-corrected chi connectivity index (χ2v) is 16.0. The summed E-state index contributed by atoms with van der Waals surface area (Å²) in [7, 11) is -0.471. The summed E-state index contributed by atoms with van der Waals surface area (Å²) in [5, 5.41) is 4.32. The van der Waals surface area contributed by atoms with Gasteiger partial charge < -0.3 is 9.16 Å². The Morgan fingerprint density at radius 3 is 2.26 bits per heavy atom. The molecule has 0 radical (unpaired) electrons. The second kappa shape index (κ2) is 11.8. The van der Waals surface area contributed by atoms with Gasteiger partial charge in [-0.2, -0.15) is 0 Å². The van der Waals surface area contributed by atoms with E-state index in [2.05, 4.69) is 52.7 Å². The summed E-state index contributed by atoms with van der Waals surface area (Å²) in [6.07, 6.45) is 5.50. The van der Waals surface area contributed by atoms with Crippen LogP contribution in [0, 0.1) is 0 Å². The molecule has 0 aliphatic carbocycles. The third kappa shape index (κ3) is 7.65. The topological polar surface area (TPSA) is 59.1 Å². The number of esters is 1. The van der Waals surface area contributed by atoms with Crippen molar-refractivity contribution in [3.63, 3.8) is 0 Å². The zero-order valence-corrected chi connectivity index (χ0v) is 23.7. The summed E-state index contributed by atoms with van der Waals surface area (Å²) in [4.78, 5) is 24.2. The van der Waals surface area contributed by atoms with E-state index in [1.165, 1.54) is 7.11 Å². The van der Waals surface area contributed by atoms with Crippen LogP contribution in [0.3, 0.4) is 0 Å². The largest absolute Gasteiger partial charge is 0.465 e. The number of hydrazine groups is 1. The number of ether oxygens (including phenoxy) is 1. The first kappa shape index (κ1) is 28.5. The van der Waals surface area contributed by atoms with E-state index in [1.807, 2.05) is 17.1 Å². The molecule has 0 aromatic heterocycles. The fourth-order valence-corrected chi connectivity index (χ4v) is 6.19. The smallest absolute Gasteiger partial charge is 0.337 e. The zero-order valence-electron chi connectivity index (χ0n) is 22.7. The summed E-state index contributed by atoms with van der Waals surface area (Å²) < 4.78 is 11.6. The normalized spacial score (nSPS) is 17.2. The third-order valence-electron chi connectivity index (χ3n) is 7.41. The van der Waals surface area contributed by atoms with Crippen molar-refractivity contribution in [2.45, 2.75) is 96.9 Å². The third-order valence-corrected chi connectivity index (χ3v) is 12.0. The number of hydrogen-bond acceptors (Lipinski definition) is 5. The predicted molar refractivity (Wildman–Crippen MR) is 140 cm³/mol. The van der Waals surface area contributed by atoms with Gasteiger partial charge in [0.2, 0.25) is 5.91 Å². The first-order chi connectivity index (χ1) is 15.8. The van der Waals surface area contributed by atoms with E-state index in [0.29, 0.717) is 18.5 Å². The van der Waals surface area contributed by atoms with Crippen LogP contribution in [-0.4, -0.2) is 62.6 Å². The lowest BCUT2D eigenvalue weighted by Crippen LogP contribution is -2.49. The monoisotopic (exact) mass is 490 g/mol. The van der Waals surface area contributed by atoms with Gasteiger partial charge in [0.05, 0.1) is 18.3 Å². The Morgan fingerprint density at radius 2 is 1.71 bits per heavy atom. The fourth-order valence-electron chi connectivity index (χ4n) is 4.45. The van der Waals surface area contributed by atoms with E-state index in [-0.39, 0.29) is 22.5 Å². The molecule has 0 bridgehead atoms. The van der Waals surface area contributed by atoms with Gasteiger partial charge in [-0.1, -0.05) is 46.2 Å². The summed E-state index contributed by atoms with van der Waals surface area (Å²) in [5.74, 6) is -0.139. The van der Waals surface area contributed by atoms with E-state index >= 15 is 0 Å². The summed E-state index contributed by atoms with van der Waals surface area (Å²) in [5.41, 5.74) is 1.53. The number of methoxy groups -OCH3 is 1. The molecule has 1 saturated heterocycles. The Hall–Kier alpha value is -1.70. The van der Waals surface area contributed by atoms with Gasteiger partial charge in [0, 0.05) is 26.1 Å². The van der Waals surface area contributed by atoms with Crippen molar-refractivity contribution in [1.29, 1.82) is 0 Å². The van der Waals surface area contributed by atoms with Gasteiger partial charge in [-0.15, -0.1) is 0 Å². The molecule has 6 nitrogen and oxygen atoms in total. The van der Waals surface area contributed by atoms with Crippen molar-refractivity contribution in [3.05, 3.63) is 35.4 Å². The zero-order chi connectivity index (χ0) is 25.6. The Labute approximate surface area is 208 Å². The average molecular weight is 491 g/mol. The van der Waals surface area contributed by atoms with E-state index in [1.54, 1.807) is 12.1 Å². The number of benzene rings is 1. The predicted octanol–water partition coefficient (Wildman–Crippen LogP) is 5.83. The minimum Gasteiger partial charge on any atom is -0.465 e. The molecule has 1 aromatic carbocycles. The van der Waals surface area contributed by atoms with Crippen LogP contribution in [0.2, 0.25) is 18.1 Å². The van der Waals surface area contributed by atoms with Crippen LogP contribution >= 0.6 is 0 Å². The van der Waals surface area contributed by atoms with E-state index in [0.717, 1.165) is 50.8 Å². The van der Waals surface area contributed by atoms with Gasteiger partial charge in [-0.3, -0.25) is 9.80 Å². The highest BCUT2D eigenvalue weighted by atomic mass is 28.4. The SMILES string of the molecule is CCCC(C)(CCCN1CCC(=O)N1CCc1ccc(C(=O)OC)cc1)O[Si](C)(C)C(C)(C)C. The molecule has 0 N–H and O–H groups in total. The molecule has 1 amide bonds. The lowest BCUT2D eigenvalue weighted by molar-refractivity contribution is -0.138. The van der Waals surface area contributed by atoms with Gasteiger partial charge in [-0.05, 0) is 68.4 Å². The first-order valence-corrected chi connectivity index (χ1v) is 15.7. The van der Waals surface area contributed by atoms with Gasteiger partial charge in [0.15, 0.2) is 8.32 Å². The van der Waals surface area contributed by atoms with E-state index < -0.39 is 8.32 Å². The molecule has 1 heterocycles. The highest BCUT2D eigenvalue weighted by Crippen LogP contribution is 2.41. The molecule has 1 aliphatic heterocycles. The Morgan fingerprint density at radius 1 is 1.06 bits per heavy atom. The minimum absolute atomic E-state index is 0.117. The van der Waals surface area contributed by atoms with Crippen LogP contribution in [0.5, 0.6) is 0 Å². The highest BCUT2D eigenvalue weighted by molar-refractivity contribution is 6.74. The number of hydrogen-bond donors (Lipinski definition) is 0.